The summed E-state index contributed by atoms with van der Waals surface area (Å²) in [6.45, 7) is 6.85. The predicted octanol–water partition coefficient (Wildman–Crippen LogP) is 3.00. The lowest BCUT2D eigenvalue weighted by Crippen LogP contribution is -2.75. The number of nitrogens with two attached hydrogens (primary N) is 1. The Morgan fingerprint density at radius 3 is 2.68 bits per heavy atom. The van der Waals surface area contributed by atoms with E-state index in [4.69, 9.17) is 26.6 Å². The largest absolute Gasteiger partial charge is 0.378 e. The Labute approximate surface area is 175 Å². The van der Waals surface area contributed by atoms with Crippen molar-refractivity contribution in [2.24, 2.45) is 11.1 Å². The average Bonchev–Trinajstić information content (AvgIpc) is 3.10. The van der Waals surface area contributed by atoms with Crippen molar-refractivity contribution >= 4 is 29.9 Å². The molecule has 9 heteroatoms. The molecule has 0 saturated heterocycles. The summed E-state index contributed by atoms with van der Waals surface area (Å²) in [5, 5.41) is 7.49. The van der Waals surface area contributed by atoms with Crippen LogP contribution in [0.1, 0.15) is 33.1 Å². The molecule has 28 heavy (non-hydrogen) atoms. The van der Waals surface area contributed by atoms with Crippen LogP contribution in [-0.4, -0.2) is 40.8 Å². The fraction of sp³-hybridized carbons (Fsp3) is 0.526. The van der Waals surface area contributed by atoms with E-state index < -0.39 is 11.0 Å². The summed E-state index contributed by atoms with van der Waals surface area (Å²) in [5.41, 5.74) is 5.83. The van der Waals surface area contributed by atoms with E-state index in [-0.39, 0.29) is 24.4 Å². The van der Waals surface area contributed by atoms with E-state index in [1.807, 2.05) is 32.9 Å². The minimum Gasteiger partial charge on any atom is -0.378 e. The van der Waals surface area contributed by atoms with Gasteiger partial charge in [-0.15, -0.1) is 12.4 Å². The van der Waals surface area contributed by atoms with E-state index in [9.17, 15) is 4.79 Å². The van der Waals surface area contributed by atoms with Crippen molar-refractivity contribution in [3.05, 3.63) is 35.2 Å². The first-order valence-corrected chi connectivity index (χ1v) is 9.43. The van der Waals surface area contributed by atoms with Crippen molar-refractivity contribution in [1.82, 2.24) is 15.5 Å². The van der Waals surface area contributed by atoms with Gasteiger partial charge in [-0.3, -0.25) is 4.79 Å². The summed E-state index contributed by atoms with van der Waals surface area (Å²) < 4.78 is 10.9. The zero-order valence-corrected chi connectivity index (χ0v) is 17.8. The minimum absolute atomic E-state index is 0. The van der Waals surface area contributed by atoms with Crippen LogP contribution in [-0.2, 0) is 16.0 Å². The first-order valence-electron chi connectivity index (χ1n) is 9.05. The molecule has 1 saturated carbocycles. The van der Waals surface area contributed by atoms with Gasteiger partial charge in [0.1, 0.15) is 5.54 Å². The van der Waals surface area contributed by atoms with Gasteiger partial charge in [-0.05, 0) is 31.2 Å². The molecule has 1 heterocycles. The minimum atomic E-state index is -0.934. The molecule has 154 valence electrons. The topological polar surface area (TPSA) is 103 Å². The van der Waals surface area contributed by atoms with Crippen molar-refractivity contribution < 1.29 is 14.1 Å². The molecule has 1 aliphatic carbocycles. The van der Waals surface area contributed by atoms with Crippen molar-refractivity contribution in [1.29, 1.82) is 0 Å². The normalized spacial score (nSPS) is 22.8. The van der Waals surface area contributed by atoms with Gasteiger partial charge < -0.3 is 20.3 Å². The van der Waals surface area contributed by atoms with Gasteiger partial charge in [0.25, 0.3) is 0 Å². The highest BCUT2D eigenvalue weighted by atomic mass is 35.5. The van der Waals surface area contributed by atoms with Crippen LogP contribution in [0.15, 0.2) is 28.8 Å². The molecule has 0 aliphatic heterocycles. The number of carbonyl (C=O) groups excluding carboxylic acids is 1. The van der Waals surface area contributed by atoms with Crippen LogP contribution in [0.5, 0.6) is 0 Å². The maximum Gasteiger partial charge on any atom is 0.240 e. The Hall–Kier alpha value is -1.67. The average molecular weight is 429 g/mol. The number of rotatable bonds is 7. The lowest BCUT2D eigenvalue weighted by Gasteiger charge is -2.57. The number of hydrogen-bond donors (Lipinski definition) is 2. The highest BCUT2D eigenvalue weighted by Gasteiger charge is 2.62. The molecule has 3 rings (SSSR count). The van der Waals surface area contributed by atoms with Crippen molar-refractivity contribution in [2.75, 3.05) is 13.2 Å². The Bertz CT molecular complexity index is 810. The third-order valence-corrected chi connectivity index (χ3v) is 5.68. The second-order valence-corrected chi connectivity index (χ2v) is 7.80. The number of halogens is 2. The molecular formula is C19H26Cl2N4O3. The summed E-state index contributed by atoms with van der Waals surface area (Å²) >= 11 is 5.88. The number of nitrogens with zero attached hydrogens (tertiary/aromatic N) is 2. The molecule has 1 aliphatic rings. The van der Waals surface area contributed by atoms with Gasteiger partial charge in [0.2, 0.25) is 17.6 Å². The smallest absolute Gasteiger partial charge is 0.240 e. The van der Waals surface area contributed by atoms with E-state index in [0.29, 0.717) is 42.7 Å². The van der Waals surface area contributed by atoms with Gasteiger partial charge in [0.15, 0.2) is 0 Å². The third kappa shape index (κ3) is 4.17. The van der Waals surface area contributed by atoms with Gasteiger partial charge in [0, 0.05) is 42.0 Å². The zero-order chi connectivity index (χ0) is 19.7. The number of nitrogens with one attached hydrogen (secondary N) is 1. The number of benzene rings is 1. The molecule has 1 fully saturated rings. The summed E-state index contributed by atoms with van der Waals surface area (Å²) in [4.78, 5) is 16.9. The molecule has 0 bridgehead atoms. The van der Waals surface area contributed by atoms with Gasteiger partial charge >= 0.3 is 0 Å². The third-order valence-electron chi connectivity index (χ3n) is 5.43. The van der Waals surface area contributed by atoms with Crippen molar-refractivity contribution in [3.63, 3.8) is 0 Å². The maximum absolute atomic E-state index is 12.6. The van der Waals surface area contributed by atoms with E-state index in [1.54, 1.807) is 12.1 Å². The fourth-order valence-electron chi connectivity index (χ4n) is 3.33. The maximum atomic E-state index is 12.6. The van der Waals surface area contributed by atoms with Gasteiger partial charge in [-0.1, -0.05) is 30.6 Å². The molecule has 0 spiro atoms. The second kappa shape index (κ2) is 8.78. The predicted molar refractivity (Wildman–Crippen MR) is 109 cm³/mol. The molecule has 1 aromatic carbocycles. The van der Waals surface area contributed by atoms with Crippen LogP contribution in [0.25, 0.3) is 11.4 Å². The quantitative estimate of drug-likeness (QED) is 0.702. The molecular weight excluding hydrogens is 403 g/mol. The number of hydrogen-bond acceptors (Lipinski definition) is 6. The molecule has 2 atom stereocenters. The molecule has 0 radical (unpaired) electrons. The Balaban J connectivity index is 0.00000280. The Morgan fingerprint density at radius 2 is 2.07 bits per heavy atom. The van der Waals surface area contributed by atoms with Crippen LogP contribution < -0.4 is 11.1 Å². The first kappa shape index (κ1) is 22.6. The van der Waals surface area contributed by atoms with Crippen LogP contribution in [0.3, 0.4) is 0 Å². The second-order valence-electron chi connectivity index (χ2n) is 7.37. The monoisotopic (exact) mass is 428 g/mol. The highest BCUT2D eigenvalue weighted by Crippen LogP contribution is 2.49. The molecule has 2 unspecified atom stereocenters. The van der Waals surface area contributed by atoms with Gasteiger partial charge in [-0.25, -0.2) is 0 Å². The van der Waals surface area contributed by atoms with Crippen LogP contribution in [0.4, 0.5) is 0 Å². The van der Waals surface area contributed by atoms with Gasteiger partial charge in [0.05, 0.1) is 6.10 Å². The van der Waals surface area contributed by atoms with E-state index >= 15 is 0 Å². The van der Waals surface area contributed by atoms with Crippen LogP contribution >= 0.6 is 24.0 Å². The fourth-order valence-corrected chi connectivity index (χ4v) is 3.46. The SMILES string of the molecule is CCOC1CC(N)(C(=O)NCCc2nc(-c3ccc(Cl)cc3)no2)C1(C)C.Cl. The summed E-state index contributed by atoms with van der Waals surface area (Å²) in [6, 6.07) is 7.18. The highest BCUT2D eigenvalue weighted by molar-refractivity contribution is 6.30. The van der Waals surface area contributed by atoms with E-state index in [1.165, 1.54) is 0 Å². The Kier molecular flexibility index (Phi) is 7.09. The first-order chi connectivity index (χ1) is 12.8. The molecule has 7 nitrogen and oxygen atoms in total. The molecule has 1 amide bonds. The number of ether oxygens (including phenoxy) is 1. The lowest BCUT2D eigenvalue weighted by molar-refractivity contribution is -0.170. The van der Waals surface area contributed by atoms with E-state index in [0.717, 1.165) is 5.56 Å². The zero-order valence-electron chi connectivity index (χ0n) is 16.2. The van der Waals surface area contributed by atoms with Crippen LogP contribution in [0, 0.1) is 5.41 Å². The van der Waals surface area contributed by atoms with E-state index in [2.05, 4.69) is 15.5 Å². The number of amides is 1. The number of aromatic nitrogens is 2. The standard InChI is InChI=1S/C19H25ClN4O3.ClH/c1-4-26-14-11-19(21,18(14,2)3)17(25)22-10-9-15-23-16(24-27-15)12-5-7-13(20)8-6-12;/h5-8,14H,4,9-11,21H2,1-3H3,(H,22,25);1H. The van der Waals surface area contributed by atoms with Crippen molar-refractivity contribution in [3.8, 4) is 11.4 Å². The van der Waals surface area contributed by atoms with Crippen molar-refractivity contribution in [2.45, 2.75) is 45.3 Å². The molecule has 2 aromatic rings. The number of carbonyl (C=O) groups is 1. The summed E-state index contributed by atoms with van der Waals surface area (Å²) in [7, 11) is 0. The lowest BCUT2D eigenvalue weighted by atomic mass is 9.54. The summed E-state index contributed by atoms with van der Waals surface area (Å²) in [6.07, 6.45) is 0.940. The van der Waals surface area contributed by atoms with Gasteiger partial charge in [-0.2, -0.15) is 4.98 Å². The Morgan fingerprint density at radius 1 is 1.39 bits per heavy atom. The summed E-state index contributed by atoms with van der Waals surface area (Å²) in [5.74, 6) is 0.759. The van der Waals surface area contributed by atoms with Crippen LogP contribution in [0.2, 0.25) is 5.02 Å². The molecule has 3 N–H and O–H groups in total. The molecule has 1 aromatic heterocycles.